The smallest absolute Gasteiger partial charge is 0.294 e. The second-order valence-electron chi connectivity index (χ2n) is 3.35. The molecule has 0 aromatic heterocycles. The van der Waals surface area contributed by atoms with Gasteiger partial charge in [-0.2, -0.15) is 8.42 Å². The van der Waals surface area contributed by atoms with Crippen LogP contribution in [0.3, 0.4) is 0 Å². The second-order valence-corrected chi connectivity index (χ2v) is 4.77. The van der Waals surface area contributed by atoms with Crippen LogP contribution in [0.5, 0.6) is 5.75 Å². The lowest BCUT2D eigenvalue weighted by Gasteiger charge is -2.03. The zero-order chi connectivity index (χ0) is 13.8. The predicted octanol–water partition coefficient (Wildman–Crippen LogP) is 1.67. The third-order valence-corrected chi connectivity index (χ3v) is 3.17. The van der Waals surface area contributed by atoms with Crippen LogP contribution in [0.25, 0.3) is 10.8 Å². The molecule has 98 valence electrons. The molecule has 2 aromatic rings. The van der Waals surface area contributed by atoms with Crippen molar-refractivity contribution >= 4 is 20.9 Å². The van der Waals surface area contributed by atoms with Crippen molar-refractivity contribution in [3.05, 3.63) is 36.4 Å². The summed E-state index contributed by atoms with van der Waals surface area (Å²) < 4.78 is 35.9. The Morgan fingerprint density at radius 1 is 1.06 bits per heavy atom. The van der Waals surface area contributed by atoms with Gasteiger partial charge in [0, 0.05) is 0 Å². The van der Waals surface area contributed by atoms with Crippen LogP contribution >= 0.6 is 0 Å². The highest BCUT2D eigenvalue weighted by atomic mass is 32.2. The molecule has 0 saturated heterocycles. The Hall–Kier alpha value is -1.63. The summed E-state index contributed by atoms with van der Waals surface area (Å²) in [6.45, 7) is 0. The van der Waals surface area contributed by atoms with Gasteiger partial charge in [0.15, 0.2) is 0 Å². The molecule has 0 heterocycles. The number of methoxy groups -OCH3 is 1. The van der Waals surface area contributed by atoms with Gasteiger partial charge in [-0.1, -0.05) is 12.1 Å². The molecule has 0 radical (unpaired) electrons. The second kappa shape index (κ2) is 5.81. The lowest BCUT2D eigenvalue weighted by Crippen LogP contribution is -1.97. The number of hydrogen-bond acceptors (Lipinski definition) is 4. The molecule has 0 aliphatic rings. The molecule has 0 atom stereocenters. The van der Waals surface area contributed by atoms with E-state index in [1.165, 1.54) is 26.3 Å². The number of hydrogen-bond donors (Lipinski definition) is 2. The van der Waals surface area contributed by atoms with Crippen LogP contribution in [0.4, 0.5) is 0 Å². The molecular formula is C12H15NO4S. The first kappa shape index (κ1) is 14.4. The minimum Gasteiger partial charge on any atom is -0.497 e. The minimum absolute atomic E-state index is 0.117. The standard InChI is InChI=1S/C11H10O4S.CH5N/c1-15-10-4-2-8-3-5-11(16(12,13)14)7-9(8)6-10;1-2/h2-7H,1H3,(H,12,13,14);2H2,1H3. The summed E-state index contributed by atoms with van der Waals surface area (Å²) in [4.78, 5) is -0.117. The Morgan fingerprint density at radius 3 is 2.22 bits per heavy atom. The Labute approximate surface area is 106 Å². The first-order valence-corrected chi connectivity index (χ1v) is 6.58. The molecule has 3 N–H and O–H groups in total. The number of benzene rings is 2. The fraction of sp³-hybridized carbons (Fsp3) is 0.167. The van der Waals surface area contributed by atoms with E-state index in [0.29, 0.717) is 11.1 Å². The zero-order valence-corrected chi connectivity index (χ0v) is 10.9. The van der Waals surface area contributed by atoms with Crippen molar-refractivity contribution < 1.29 is 17.7 Å². The molecule has 5 nitrogen and oxygen atoms in total. The van der Waals surface area contributed by atoms with Gasteiger partial charge in [-0.3, -0.25) is 4.55 Å². The van der Waals surface area contributed by atoms with E-state index in [2.05, 4.69) is 5.73 Å². The molecule has 2 rings (SSSR count). The monoisotopic (exact) mass is 269 g/mol. The number of rotatable bonds is 2. The minimum atomic E-state index is -4.15. The maximum atomic E-state index is 11.0. The van der Waals surface area contributed by atoms with Gasteiger partial charge in [-0.05, 0) is 42.1 Å². The van der Waals surface area contributed by atoms with Crippen molar-refractivity contribution in [1.29, 1.82) is 0 Å². The lowest BCUT2D eigenvalue weighted by atomic mass is 10.1. The van der Waals surface area contributed by atoms with Gasteiger partial charge in [-0.15, -0.1) is 0 Å². The fourth-order valence-corrected chi connectivity index (χ4v) is 2.01. The highest BCUT2D eigenvalue weighted by molar-refractivity contribution is 7.85. The highest BCUT2D eigenvalue weighted by Gasteiger charge is 2.09. The zero-order valence-electron chi connectivity index (χ0n) is 10.1. The van der Waals surface area contributed by atoms with Crippen molar-refractivity contribution in [3.63, 3.8) is 0 Å². The molecular weight excluding hydrogens is 254 g/mol. The molecule has 0 saturated carbocycles. The molecule has 0 spiro atoms. The number of ether oxygens (including phenoxy) is 1. The molecule has 2 aromatic carbocycles. The SMILES string of the molecule is CN.COc1ccc2ccc(S(=O)(=O)O)cc2c1. The van der Waals surface area contributed by atoms with E-state index < -0.39 is 10.1 Å². The maximum absolute atomic E-state index is 11.0. The van der Waals surface area contributed by atoms with E-state index in [1.54, 1.807) is 18.2 Å². The average molecular weight is 269 g/mol. The maximum Gasteiger partial charge on any atom is 0.294 e. The van der Waals surface area contributed by atoms with Gasteiger partial charge >= 0.3 is 0 Å². The van der Waals surface area contributed by atoms with Gasteiger partial charge < -0.3 is 10.5 Å². The van der Waals surface area contributed by atoms with E-state index in [1.807, 2.05) is 6.07 Å². The van der Waals surface area contributed by atoms with Crippen LogP contribution in [-0.4, -0.2) is 27.1 Å². The molecule has 0 fully saturated rings. The first-order chi connectivity index (χ1) is 8.50. The van der Waals surface area contributed by atoms with E-state index in [-0.39, 0.29) is 4.90 Å². The molecule has 0 unspecified atom stereocenters. The van der Waals surface area contributed by atoms with Crippen molar-refractivity contribution in [1.82, 2.24) is 0 Å². The summed E-state index contributed by atoms with van der Waals surface area (Å²) in [5.41, 5.74) is 4.50. The van der Waals surface area contributed by atoms with Crippen LogP contribution in [0.15, 0.2) is 41.3 Å². The van der Waals surface area contributed by atoms with Crippen molar-refractivity contribution in [3.8, 4) is 5.75 Å². The van der Waals surface area contributed by atoms with Crippen molar-refractivity contribution in [2.24, 2.45) is 5.73 Å². The summed E-state index contributed by atoms with van der Waals surface area (Å²) in [5.74, 6) is 0.639. The van der Waals surface area contributed by atoms with Crippen molar-refractivity contribution in [2.75, 3.05) is 14.2 Å². The molecule has 18 heavy (non-hydrogen) atoms. The van der Waals surface area contributed by atoms with Gasteiger partial charge in [0.25, 0.3) is 10.1 Å². The summed E-state index contributed by atoms with van der Waals surface area (Å²) in [6.07, 6.45) is 0. The molecule has 0 aliphatic heterocycles. The van der Waals surface area contributed by atoms with Crippen molar-refractivity contribution in [2.45, 2.75) is 4.90 Å². The third-order valence-electron chi connectivity index (χ3n) is 2.32. The summed E-state index contributed by atoms with van der Waals surface area (Å²) in [5, 5.41) is 1.59. The Morgan fingerprint density at radius 2 is 1.67 bits per heavy atom. The topological polar surface area (TPSA) is 89.6 Å². The van der Waals surface area contributed by atoms with E-state index in [0.717, 1.165) is 5.39 Å². The summed E-state index contributed by atoms with van der Waals surface area (Å²) in [6, 6.07) is 9.73. The van der Waals surface area contributed by atoms with Gasteiger partial charge in [-0.25, -0.2) is 0 Å². The van der Waals surface area contributed by atoms with E-state index >= 15 is 0 Å². The van der Waals surface area contributed by atoms with Gasteiger partial charge in [0.2, 0.25) is 0 Å². The first-order valence-electron chi connectivity index (χ1n) is 5.14. The number of fused-ring (bicyclic) bond motifs is 1. The molecule has 0 aliphatic carbocycles. The summed E-state index contributed by atoms with van der Waals surface area (Å²) in [7, 11) is -1.12. The third kappa shape index (κ3) is 3.19. The van der Waals surface area contributed by atoms with Crippen LogP contribution in [0, 0.1) is 0 Å². The average Bonchev–Trinajstić information content (AvgIpc) is 2.38. The van der Waals surface area contributed by atoms with Crippen LogP contribution in [0.2, 0.25) is 0 Å². The lowest BCUT2D eigenvalue weighted by molar-refractivity contribution is 0.415. The van der Waals surface area contributed by atoms with Crippen LogP contribution in [0.1, 0.15) is 0 Å². The highest BCUT2D eigenvalue weighted by Crippen LogP contribution is 2.23. The number of nitrogens with two attached hydrogens (primary N) is 1. The van der Waals surface area contributed by atoms with Crippen LogP contribution in [-0.2, 0) is 10.1 Å². The Balaban J connectivity index is 0.000000771. The van der Waals surface area contributed by atoms with E-state index in [9.17, 15) is 8.42 Å². The predicted molar refractivity (Wildman–Crippen MR) is 70.4 cm³/mol. The van der Waals surface area contributed by atoms with Gasteiger partial charge in [0.05, 0.1) is 12.0 Å². The quantitative estimate of drug-likeness (QED) is 0.809. The van der Waals surface area contributed by atoms with E-state index in [4.69, 9.17) is 9.29 Å². The summed E-state index contributed by atoms with van der Waals surface area (Å²) >= 11 is 0. The largest absolute Gasteiger partial charge is 0.497 e. The fourth-order valence-electron chi connectivity index (χ4n) is 1.49. The van der Waals surface area contributed by atoms with Crippen LogP contribution < -0.4 is 10.5 Å². The van der Waals surface area contributed by atoms with Gasteiger partial charge in [0.1, 0.15) is 5.75 Å². The Bertz CT molecular complexity index is 638. The Kier molecular flexibility index (Phi) is 4.66. The molecule has 0 amide bonds. The molecule has 6 heteroatoms. The normalized spacial score (nSPS) is 10.7. The molecule has 0 bridgehead atoms.